The first-order valence-electron chi connectivity index (χ1n) is 7.85. The van der Waals surface area contributed by atoms with Crippen molar-refractivity contribution in [1.29, 1.82) is 0 Å². The summed E-state index contributed by atoms with van der Waals surface area (Å²) in [6, 6.07) is 10.5. The van der Waals surface area contributed by atoms with Crippen LogP contribution in [0.5, 0.6) is 11.5 Å². The van der Waals surface area contributed by atoms with Gasteiger partial charge in [-0.25, -0.2) is 9.82 Å². The van der Waals surface area contributed by atoms with Gasteiger partial charge in [0.25, 0.3) is 0 Å². The van der Waals surface area contributed by atoms with Crippen molar-refractivity contribution in [1.82, 2.24) is 5.43 Å². The van der Waals surface area contributed by atoms with Crippen LogP contribution in [0.2, 0.25) is 0 Å². The molecule has 7 nitrogen and oxygen atoms in total. The Labute approximate surface area is 155 Å². The Morgan fingerprint density at radius 1 is 1.19 bits per heavy atom. The lowest BCUT2D eigenvalue weighted by molar-refractivity contribution is -0.136. The highest BCUT2D eigenvalue weighted by molar-refractivity contribution is 6.39. The zero-order valence-electron chi connectivity index (χ0n) is 14.6. The number of benzene rings is 2. The monoisotopic (exact) mass is 371 g/mol. The van der Waals surface area contributed by atoms with Crippen LogP contribution in [-0.2, 0) is 9.59 Å². The number of carbonyl (C=O) groups excluding carboxylic acids is 2. The first-order chi connectivity index (χ1) is 13.0. The first kappa shape index (κ1) is 19.6. The van der Waals surface area contributed by atoms with E-state index >= 15 is 0 Å². The molecule has 2 aromatic carbocycles. The Bertz CT molecular complexity index is 868. The zero-order chi connectivity index (χ0) is 19.6. The second-order valence-electron chi connectivity index (χ2n) is 5.14. The summed E-state index contributed by atoms with van der Waals surface area (Å²) in [5, 5.41) is 5.86. The standard InChI is InChI=1S/C19H18FN3O4/c1-3-10-27-16-9-8-13(11-17(16)26-2)12-21-23-19(25)18(24)22-15-7-5-4-6-14(15)20/h3-9,11-12H,1,10H2,2H3,(H,22,24)(H,23,25)/b21-12-. The number of para-hydroxylation sites is 1. The van der Waals surface area contributed by atoms with Crippen LogP contribution in [0.4, 0.5) is 10.1 Å². The number of ether oxygens (including phenoxy) is 2. The lowest BCUT2D eigenvalue weighted by atomic mass is 10.2. The molecule has 2 N–H and O–H groups in total. The molecule has 0 radical (unpaired) electrons. The lowest BCUT2D eigenvalue weighted by Crippen LogP contribution is -2.32. The second kappa shape index (κ2) is 9.71. The van der Waals surface area contributed by atoms with Gasteiger partial charge in [-0.05, 0) is 35.9 Å². The summed E-state index contributed by atoms with van der Waals surface area (Å²) in [4.78, 5) is 23.5. The Balaban J connectivity index is 1.96. The number of hydrazone groups is 1. The minimum Gasteiger partial charge on any atom is -0.493 e. The summed E-state index contributed by atoms with van der Waals surface area (Å²) in [5.74, 6) is -1.71. The van der Waals surface area contributed by atoms with Crippen LogP contribution in [-0.4, -0.2) is 31.7 Å². The number of nitrogens with one attached hydrogen (secondary N) is 2. The van der Waals surface area contributed by atoms with Crippen LogP contribution < -0.4 is 20.2 Å². The summed E-state index contributed by atoms with van der Waals surface area (Å²) in [5.41, 5.74) is 2.58. The van der Waals surface area contributed by atoms with Crippen LogP contribution in [0.15, 0.2) is 60.2 Å². The van der Waals surface area contributed by atoms with Crippen molar-refractivity contribution in [2.75, 3.05) is 19.0 Å². The number of carbonyl (C=O) groups is 2. The van der Waals surface area contributed by atoms with E-state index in [0.717, 1.165) is 0 Å². The fourth-order valence-corrected chi connectivity index (χ4v) is 1.99. The Kier molecular flexibility index (Phi) is 7.07. The first-order valence-corrected chi connectivity index (χ1v) is 7.85. The van der Waals surface area contributed by atoms with E-state index in [1.165, 1.54) is 37.6 Å². The van der Waals surface area contributed by atoms with Crippen LogP contribution >= 0.6 is 0 Å². The van der Waals surface area contributed by atoms with E-state index in [4.69, 9.17) is 9.47 Å². The third-order valence-corrected chi connectivity index (χ3v) is 3.25. The van der Waals surface area contributed by atoms with E-state index in [-0.39, 0.29) is 5.69 Å². The number of amides is 2. The predicted octanol–water partition coefficient (Wildman–Crippen LogP) is 2.49. The molecule has 0 bridgehead atoms. The van der Waals surface area contributed by atoms with Crippen LogP contribution in [0.3, 0.4) is 0 Å². The third kappa shape index (κ3) is 5.67. The van der Waals surface area contributed by atoms with Gasteiger partial charge in [0.15, 0.2) is 11.5 Å². The average molecular weight is 371 g/mol. The van der Waals surface area contributed by atoms with Gasteiger partial charge in [-0.2, -0.15) is 5.10 Å². The van der Waals surface area contributed by atoms with Crippen molar-refractivity contribution < 1.29 is 23.5 Å². The molecule has 2 rings (SSSR count). The highest BCUT2D eigenvalue weighted by Crippen LogP contribution is 2.27. The molecule has 0 saturated carbocycles. The summed E-state index contributed by atoms with van der Waals surface area (Å²) >= 11 is 0. The van der Waals surface area contributed by atoms with Gasteiger partial charge in [-0.15, -0.1) is 0 Å². The molecular formula is C19H18FN3O4. The topological polar surface area (TPSA) is 89.0 Å². The fourth-order valence-electron chi connectivity index (χ4n) is 1.99. The number of rotatable bonds is 7. The van der Waals surface area contributed by atoms with Crippen molar-refractivity contribution in [3.05, 3.63) is 66.5 Å². The number of methoxy groups -OCH3 is 1. The molecule has 0 atom stereocenters. The van der Waals surface area contributed by atoms with Crippen molar-refractivity contribution in [2.24, 2.45) is 5.10 Å². The molecule has 0 aliphatic rings. The number of anilines is 1. The molecule has 0 aliphatic heterocycles. The Morgan fingerprint density at radius 2 is 1.96 bits per heavy atom. The number of hydrogen-bond acceptors (Lipinski definition) is 5. The van der Waals surface area contributed by atoms with Gasteiger partial charge in [0.1, 0.15) is 12.4 Å². The summed E-state index contributed by atoms with van der Waals surface area (Å²) in [6.07, 6.45) is 2.94. The molecule has 0 fully saturated rings. The summed E-state index contributed by atoms with van der Waals surface area (Å²) < 4.78 is 24.1. The molecule has 0 aliphatic carbocycles. The maximum absolute atomic E-state index is 13.5. The van der Waals surface area contributed by atoms with Gasteiger partial charge in [0.05, 0.1) is 19.0 Å². The second-order valence-corrected chi connectivity index (χ2v) is 5.14. The van der Waals surface area contributed by atoms with E-state index in [1.807, 2.05) is 0 Å². The molecule has 0 unspecified atom stereocenters. The molecule has 0 aromatic heterocycles. The van der Waals surface area contributed by atoms with E-state index in [9.17, 15) is 14.0 Å². The van der Waals surface area contributed by atoms with E-state index in [1.54, 1.807) is 24.3 Å². The maximum Gasteiger partial charge on any atom is 0.329 e. The molecule has 0 spiro atoms. The Hall–Kier alpha value is -3.68. The van der Waals surface area contributed by atoms with Gasteiger partial charge in [0, 0.05) is 0 Å². The van der Waals surface area contributed by atoms with Crippen molar-refractivity contribution in [3.63, 3.8) is 0 Å². The van der Waals surface area contributed by atoms with Crippen LogP contribution in [0.25, 0.3) is 0 Å². The fraction of sp³-hybridized carbons (Fsp3) is 0.105. The smallest absolute Gasteiger partial charge is 0.329 e. The Morgan fingerprint density at radius 3 is 2.67 bits per heavy atom. The summed E-state index contributed by atoms with van der Waals surface area (Å²) in [7, 11) is 1.49. The van der Waals surface area contributed by atoms with Gasteiger partial charge < -0.3 is 14.8 Å². The third-order valence-electron chi connectivity index (χ3n) is 3.25. The summed E-state index contributed by atoms with van der Waals surface area (Å²) in [6.45, 7) is 3.90. The molecule has 0 saturated heterocycles. The molecule has 2 aromatic rings. The zero-order valence-corrected chi connectivity index (χ0v) is 14.6. The number of hydrogen-bond donors (Lipinski definition) is 2. The van der Waals surface area contributed by atoms with Crippen molar-refractivity contribution in [3.8, 4) is 11.5 Å². The molecule has 27 heavy (non-hydrogen) atoms. The van der Waals surface area contributed by atoms with E-state index < -0.39 is 17.6 Å². The highest BCUT2D eigenvalue weighted by Gasteiger charge is 2.14. The highest BCUT2D eigenvalue weighted by atomic mass is 19.1. The van der Waals surface area contributed by atoms with Gasteiger partial charge >= 0.3 is 11.8 Å². The van der Waals surface area contributed by atoms with E-state index in [2.05, 4.69) is 22.4 Å². The van der Waals surface area contributed by atoms with Crippen LogP contribution in [0, 0.1) is 5.82 Å². The normalized spacial score (nSPS) is 10.3. The lowest BCUT2D eigenvalue weighted by Gasteiger charge is -2.09. The molecule has 8 heteroatoms. The van der Waals surface area contributed by atoms with Crippen molar-refractivity contribution in [2.45, 2.75) is 0 Å². The predicted molar refractivity (Wildman–Crippen MR) is 99.5 cm³/mol. The van der Waals surface area contributed by atoms with Gasteiger partial charge in [-0.3, -0.25) is 9.59 Å². The average Bonchev–Trinajstić information content (AvgIpc) is 2.68. The number of halogens is 1. The van der Waals surface area contributed by atoms with Crippen LogP contribution in [0.1, 0.15) is 5.56 Å². The van der Waals surface area contributed by atoms with Gasteiger partial charge in [-0.1, -0.05) is 24.8 Å². The maximum atomic E-state index is 13.5. The van der Waals surface area contributed by atoms with Crippen molar-refractivity contribution >= 4 is 23.7 Å². The number of nitrogens with zero attached hydrogens (tertiary/aromatic N) is 1. The molecule has 2 amide bonds. The molecular weight excluding hydrogens is 353 g/mol. The van der Waals surface area contributed by atoms with E-state index in [0.29, 0.717) is 23.7 Å². The molecule has 140 valence electrons. The SMILES string of the molecule is C=CCOc1ccc(/C=N\NC(=O)C(=O)Nc2ccccc2F)cc1OC. The quantitative estimate of drug-likeness (QED) is 0.339. The largest absolute Gasteiger partial charge is 0.493 e. The molecule has 0 heterocycles. The minimum atomic E-state index is -1.04. The minimum absolute atomic E-state index is 0.0959. The van der Waals surface area contributed by atoms with Gasteiger partial charge in [0.2, 0.25) is 0 Å².